The van der Waals surface area contributed by atoms with E-state index in [2.05, 4.69) is 13.8 Å². The highest BCUT2D eigenvalue weighted by Crippen LogP contribution is 2.15. The van der Waals surface area contributed by atoms with Gasteiger partial charge in [0.05, 0.1) is 43.6 Å². The predicted octanol–water partition coefficient (Wildman–Crippen LogP) is 7.04. The van der Waals surface area contributed by atoms with Crippen molar-refractivity contribution < 1.29 is 25.5 Å². The maximum atomic E-state index is 9.74. The number of allylic oxidation sites excluding steroid dienone is 1. The van der Waals surface area contributed by atoms with Crippen LogP contribution in [0.15, 0.2) is 12.2 Å². The van der Waals surface area contributed by atoms with E-state index in [1.54, 1.807) is 6.08 Å². The summed E-state index contributed by atoms with van der Waals surface area (Å²) in [6.45, 7) is 4.04. The number of aliphatic hydroxyl groups excluding tert-OH is 5. The first-order valence-electron chi connectivity index (χ1n) is 18.3. The van der Waals surface area contributed by atoms with Crippen molar-refractivity contribution in [1.82, 2.24) is 0 Å². The molecular formula is C36H76N2O5. The van der Waals surface area contributed by atoms with Crippen molar-refractivity contribution in [2.75, 3.05) is 13.2 Å². The molecule has 7 heteroatoms. The van der Waals surface area contributed by atoms with E-state index in [0.717, 1.165) is 19.3 Å². The van der Waals surface area contributed by atoms with Crippen LogP contribution in [0, 0.1) is 0 Å². The molecule has 0 unspecified atom stereocenters. The average molecular weight is 617 g/mol. The van der Waals surface area contributed by atoms with E-state index < -0.39 is 30.4 Å². The Kier molecular flexibility index (Phi) is 37.3. The van der Waals surface area contributed by atoms with Crippen molar-refractivity contribution in [3.05, 3.63) is 12.2 Å². The molecule has 0 heterocycles. The molecule has 260 valence electrons. The molecule has 0 fully saturated rings. The monoisotopic (exact) mass is 617 g/mol. The van der Waals surface area contributed by atoms with Crippen LogP contribution in [0.5, 0.6) is 0 Å². The van der Waals surface area contributed by atoms with Crippen LogP contribution in [0.25, 0.3) is 0 Å². The molecule has 0 radical (unpaired) electrons. The van der Waals surface area contributed by atoms with Gasteiger partial charge >= 0.3 is 0 Å². The van der Waals surface area contributed by atoms with Crippen LogP contribution in [0.4, 0.5) is 0 Å². The van der Waals surface area contributed by atoms with Gasteiger partial charge in [-0.05, 0) is 19.3 Å². The molecule has 0 aliphatic rings. The zero-order valence-electron chi connectivity index (χ0n) is 28.5. The van der Waals surface area contributed by atoms with Crippen molar-refractivity contribution in [3.63, 3.8) is 0 Å². The molecule has 9 N–H and O–H groups in total. The number of hydrogen-bond donors (Lipinski definition) is 7. The Morgan fingerprint density at radius 2 is 0.837 bits per heavy atom. The second-order valence-corrected chi connectivity index (χ2v) is 12.7. The highest BCUT2D eigenvalue weighted by atomic mass is 16.3. The molecule has 0 aromatic carbocycles. The second kappa shape index (κ2) is 35.9. The molecule has 0 aliphatic carbocycles. The Labute approximate surface area is 266 Å². The van der Waals surface area contributed by atoms with Gasteiger partial charge in [-0.3, -0.25) is 0 Å². The smallest absolute Gasteiger partial charge is 0.0971 e. The molecule has 0 saturated heterocycles. The van der Waals surface area contributed by atoms with E-state index >= 15 is 0 Å². The van der Waals surface area contributed by atoms with Crippen LogP contribution in [-0.2, 0) is 0 Å². The van der Waals surface area contributed by atoms with Gasteiger partial charge < -0.3 is 37.0 Å². The summed E-state index contributed by atoms with van der Waals surface area (Å²) in [6, 6.07) is -1.30. The summed E-state index contributed by atoms with van der Waals surface area (Å²) in [5, 5.41) is 46.5. The topological polar surface area (TPSA) is 153 Å². The van der Waals surface area contributed by atoms with Crippen molar-refractivity contribution in [1.29, 1.82) is 0 Å². The fourth-order valence-electron chi connectivity index (χ4n) is 5.17. The minimum Gasteiger partial charge on any atom is -0.395 e. The van der Waals surface area contributed by atoms with Crippen LogP contribution in [0.1, 0.15) is 174 Å². The van der Waals surface area contributed by atoms with Gasteiger partial charge in [0.25, 0.3) is 0 Å². The lowest BCUT2D eigenvalue weighted by Gasteiger charge is -2.22. The minimum atomic E-state index is -1.02. The Balaban J connectivity index is 0. The SMILES string of the molecule is CCCCCCCCCCCCC/C=C/[C@@H](O)[C@@H](N)CO.CCCCCCCCCCCCCC[C@@H](O)[C@@H](O)[C@@H](N)CO. The van der Waals surface area contributed by atoms with Gasteiger partial charge in [-0.1, -0.05) is 167 Å². The van der Waals surface area contributed by atoms with Gasteiger partial charge in [0.15, 0.2) is 0 Å². The lowest BCUT2D eigenvalue weighted by Crippen LogP contribution is -2.45. The molecule has 0 bridgehead atoms. The van der Waals surface area contributed by atoms with E-state index in [4.69, 9.17) is 21.7 Å². The summed E-state index contributed by atoms with van der Waals surface area (Å²) in [5.74, 6) is 0. The fourth-order valence-corrected chi connectivity index (χ4v) is 5.17. The molecular weight excluding hydrogens is 540 g/mol. The Morgan fingerprint density at radius 1 is 0.488 bits per heavy atom. The molecule has 0 saturated carbocycles. The van der Waals surface area contributed by atoms with Gasteiger partial charge in [0, 0.05) is 0 Å². The molecule has 0 aliphatic heterocycles. The summed E-state index contributed by atoms with van der Waals surface area (Å²) in [5.41, 5.74) is 11.0. The molecule has 0 rings (SSSR count). The van der Waals surface area contributed by atoms with Crippen LogP contribution in [0.2, 0.25) is 0 Å². The van der Waals surface area contributed by atoms with E-state index in [0.29, 0.717) is 6.42 Å². The zero-order valence-corrected chi connectivity index (χ0v) is 28.5. The third-order valence-electron chi connectivity index (χ3n) is 8.35. The Hall–Kier alpha value is -0.540. The second-order valence-electron chi connectivity index (χ2n) is 12.7. The number of rotatable bonds is 31. The van der Waals surface area contributed by atoms with Gasteiger partial charge in [-0.15, -0.1) is 0 Å². The standard InChI is InChI=1S/C18H39NO3.C18H37NO2/c1-2-3-4-5-6-7-8-9-10-11-12-13-14-17(21)18(22)16(19)15-20;1-2-3-4-5-6-7-8-9-10-11-12-13-14-15-18(21)17(19)16-20/h16-18,20-22H,2-15,19H2,1H3;14-15,17-18,20-21H,2-13,16,19H2,1H3/b;15-14+/t16-,17+,18-;17-,18+/m00/s1. The summed E-state index contributed by atoms with van der Waals surface area (Å²) < 4.78 is 0. The normalized spacial score (nSPS) is 15.2. The van der Waals surface area contributed by atoms with Crippen molar-refractivity contribution in [2.24, 2.45) is 11.5 Å². The number of unbranched alkanes of at least 4 members (excludes halogenated alkanes) is 22. The minimum absolute atomic E-state index is 0.177. The predicted molar refractivity (Wildman–Crippen MR) is 184 cm³/mol. The first kappa shape index (κ1) is 44.6. The van der Waals surface area contributed by atoms with Crippen molar-refractivity contribution in [2.45, 2.75) is 205 Å². The molecule has 43 heavy (non-hydrogen) atoms. The van der Waals surface area contributed by atoms with Gasteiger partial charge in [-0.25, -0.2) is 0 Å². The zero-order chi connectivity index (χ0) is 32.4. The maximum Gasteiger partial charge on any atom is 0.0971 e. The maximum absolute atomic E-state index is 9.74. The third-order valence-corrected chi connectivity index (χ3v) is 8.35. The van der Waals surface area contributed by atoms with Gasteiger partial charge in [0.1, 0.15) is 0 Å². The van der Waals surface area contributed by atoms with Gasteiger partial charge in [-0.2, -0.15) is 0 Å². The summed E-state index contributed by atoms with van der Waals surface area (Å²) in [4.78, 5) is 0. The highest BCUT2D eigenvalue weighted by Gasteiger charge is 2.22. The van der Waals surface area contributed by atoms with Gasteiger partial charge in [0.2, 0.25) is 0 Å². The van der Waals surface area contributed by atoms with Crippen LogP contribution in [-0.4, -0.2) is 69.1 Å². The molecule has 0 aromatic rings. The van der Waals surface area contributed by atoms with Crippen LogP contribution in [0.3, 0.4) is 0 Å². The Morgan fingerprint density at radius 3 is 1.21 bits per heavy atom. The van der Waals surface area contributed by atoms with Crippen molar-refractivity contribution in [3.8, 4) is 0 Å². The van der Waals surface area contributed by atoms with E-state index in [1.165, 1.54) is 135 Å². The summed E-state index contributed by atoms with van der Waals surface area (Å²) >= 11 is 0. The van der Waals surface area contributed by atoms with E-state index in [1.807, 2.05) is 6.08 Å². The lowest BCUT2D eigenvalue weighted by atomic mass is 10.00. The molecule has 5 atom stereocenters. The number of nitrogens with two attached hydrogens (primary N) is 2. The molecule has 7 nitrogen and oxygen atoms in total. The first-order valence-corrected chi connectivity index (χ1v) is 18.3. The fraction of sp³-hybridized carbons (Fsp3) is 0.944. The van der Waals surface area contributed by atoms with Crippen molar-refractivity contribution >= 4 is 0 Å². The van der Waals surface area contributed by atoms with Crippen LogP contribution >= 0.6 is 0 Å². The largest absolute Gasteiger partial charge is 0.395 e. The molecule has 0 spiro atoms. The lowest BCUT2D eigenvalue weighted by molar-refractivity contribution is -0.0121. The number of hydrogen-bond acceptors (Lipinski definition) is 7. The quantitative estimate of drug-likeness (QED) is 0.0326. The summed E-state index contributed by atoms with van der Waals surface area (Å²) in [6.07, 6.45) is 32.9. The first-order chi connectivity index (χ1) is 20.8. The Bertz CT molecular complexity index is 552. The van der Waals surface area contributed by atoms with E-state index in [-0.39, 0.29) is 13.2 Å². The average Bonchev–Trinajstić information content (AvgIpc) is 3.02. The molecule has 0 amide bonds. The highest BCUT2D eigenvalue weighted by molar-refractivity contribution is 4.93. The van der Waals surface area contributed by atoms with Crippen LogP contribution < -0.4 is 11.5 Å². The molecule has 0 aromatic heterocycles. The van der Waals surface area contributed by atoms with E-state index in [9.17, 15) is 15.3 Å². The summed E-state index contributed by atoms with van der Waals surface area (Å²) in [7, 11) is 0. The number of aliphatic hydroxyl groups is 5. The third kappa shape index (κ3) is 32.7.